The average molecular weight is 596 g/mol. The number of halogens is 3. The molecule has 0 radical (unpaired) electrons. The number of aryl methyl sites for hydroxylation is 1. The van der Waals surface area contributed by atoms with Crippen LogP contribution in [0.3, 0.4) is 0 Å². The van der Waals surface area contributed by atoms with E-state index < -0.39 is 26.3 Å². The number of nitrogens with zero attached hydrogens (tertiary/aromatic N) is 5. The molecule has 0 unspecified atom stereocenters. The molecule has 224 valence electrons. The van der Waals surface area contributed by atoms with Gasteiger partial charge >= 0.3 is 18.2 Å². The van der Waals surface area contributed by atoms with Crippen molar-refractivity contribution in [3.8, 4) is 34.5 Å². The van der Waals surface area contributed by atoms with Crippen molar-refractivity contribution in [3.05, 3.63) is 36.2 Å². The molecule has 0 N–H and O–H groups in total. The van der Waals surface area contributed by atoms with E-state index in [1.807, 2.05) is 6.92 Å². The standard InChI is InChI=1S/C27H36F3N5O5Si/c1-18-12-22(39-15-26(2,3)24(36)37-4)32-14-20(18)19-8-9-21(31-13-19)23-33-25(40-16-27(28,29)30)35(34-23)17-38-10-11-41(5,6)7/h8-9,12-14H,10-11,15-17H2,1-7H3. The van der Waals surface area contributed by atoms with Gasteiger partial charge in [-0.3, -0.25) is 9.78 Å². The summed E-state index contributed by atoms with van der Waals surface area (Å²) in [5.41, 5.74) is 1.93. The number of pyridine rings is 2. The topological polar surface area (TPSA) is 110 Å². The van der Waals surface area contributed by atoms with Gasteiger partial charge in [-0.05, 0) is 38.4 Å². The largest absolute Gasteiger partial charge is 0.476 e. The van der Waals surface area contributed by atoms with Gasteiger partial charge in [-0.25, -0.2) is 4.98 Å². The summed E-state index contributed by atoms with van der Waals surface area (Å²) in [5.74, 6) is 0.0836. The summed E-state index contributed by atoms with van der Waals surface area (Å²) in [6.45, 7) is 10.9. The number of ether oxygens (including phenoxy) is 4. The Balaban J connectivity index is 1.75. The number of esters is 1. The minimum Gasteiger partial charge on any atom is -0.476 e. The summed E-state index contributed by atoms with van der Waals surface area (Å²) in [6, 6.07) is 5.80. The summed E-state index contributed by atoms with van der Waals surface area (Å²) in [5, 5.41) is 4.28. The van der Waals surface area contributed by atoms with Crippen molar-refractivity contribution in [2.45, 2.75) is 59.4 Å². The van der Waals surface area contributed by atoms with Crippen LogP contribution in [0.2, 0.25) is 25.7 Å². The van der Waals surface area contributed by atoms with Crippen LogP contribution >= 0.6 is 0 Å². The second kappa shape index (κ2) is 13.0. The lowest BCUT2D eigenvalue weighted by Crippen LogP contribution is -2.32. The van der Waals surface area contributed by atoms with Gasteiger partial charge in [-0.1, -0.05) is 25.7 Å². The van der Waals surface area contributed by atoms with E-state index in [2.05, 4.69) is 39.7 Å². The first-order valence-electron chi connectivity index (χ1n) is 12.9. The molecule has 10 nitrogen and oxygen atoms in total. The Labute approximate surface area is 238 Å². The normalized spacial score (nSPS) is 12.3. The summed E-state index contributed by atoms with van der Waals surface area (Å²) in [6.07, 6.45) is -1.29. The minimum absolute atomic E-state index is 0.0966. The van der Waals surface area contributed by atoms with Crippen LogP contribution < -0.4 is 9.47 Å². The van der Waals surface area contributed by atoms with Gasteiger partial charge in [0.1, 0.15) is 19.0 Å². The predicted octanol–water partition coefficient (Wildman–Crippen LogP) is 5.54. The fourth-order valence-corrected chi connectivity index (χ4v) is 4.25. The number of hydrogen-bond donors (Lipinski definition) is 0. The molecule has 0 aromatic carbocycles. The molecule has 3 aromatic rings. The van der Waals surface area contributed by atoms with Gasteiger partial charge in [-0.2, -0.15) is 22.8 Å². The fraction of sp³-hybridized carbons (Fsp3) is 0.519. The third kappa shape index (κ3) is 9.52. The van der Waals surface area contributed by atoms with Crippen molar-refractivity contribution >= 4 is 14.0 Å². The Morgan fingerprint density at radius 3 is 2.37 bits per heavy atom. The molecule has 0 bridgehead atoms. The lowest BCUT2D eigenvalue weighted by Gasteiger charge is -2.21. The summed E-state index contributed by atoms with van der Waals surface area (Å²) in [7, 11) is -0.0165. The van der Waals surface area contributed by atoms with Crippen molar-refractivity contribution < 1.29 is 36.9 Å². The van der Waals surface area contributed by atoms with Crippen molar-refractivity contribution in [1.29, 1.82) is 0 Å². The quantitative estimate of drug-likeness (QED) is 0.143. The summed E-state index contributed by atoms with van der Waals surface area (Å²) < 4.78 is 60.6. The second-order valence-electron chi connectivity index (χ2n) is 11.4. The summed E-state index contributed by atoms with van der Waals surface area (Å²) in [4.78, 5) is 24.8. The number of hydrogen-bond acceptors (Lipinski definition) is 9. The van der Waals surface area contributed by atoms with E-state index in [4.69, 9.17) is 18.9 Å². The van der Waals surface area contributed by atoms with E-state index in [-0.39, 0.29) is 31.1 Å². The first-order chi connectivity index (χ1) is 19.1. The second-order valence-corrected chi connectivity index (χ2v) is 17.0. The zero-order chi connectivity index (χ0) is 30.4. The Morgan fingerprint density at radius 2 is 1.78 bits per heavy atom. The van der Waals surface area contributed by atoms with Gasteiger partial charge in [0.2, 0.25) is 11.7 Å². The zero-order valence-corrected chi connectivity index (χ0v) is 25.3. The average Bonchev–Trinajstić information content (AvgIpc) is 3.30. The maximum atomic E-state index is 12.8. The van der Waals surface area contributed by atoms with Gasteiger partial charge < -0.3 is 18.9 Å². The van der Waals surface area contributed by atoms with Crippen LogP contribution in [0, 0.1) is 12.3 Å². The van der Waals surface area contributed by atoms with E-state index in [1.54, 1.807) is 44.4 Å². The monoisotopic (exact) mass is 595 g/mol. The van der Waals surface area contributed by atoms with Crippen LogP contribution in [0.1, 0.15) is 19.4 Å². The number of carbonyl (C=O) groups excluding carboxylic acids is 1. The molecule has 3 rings (SSSR count). The number of carbonyl (C=O) groups is 1. The third-order valence-electron chi connectivity index (χ3n) is 5.92. The molecule has 14 heteroatoms. The Bertz CT molecular complexity index is 1320. The van der Waals surface area contributed by atoms with E-state index in [9.17, 15) is 18.0 Å². The lowest BCUT2D eigenvalue weighted by atomic mass is 9.95. The number of methoxy groups -OCH3 is 1. The van der Waals surface area contributed by atoms with Gasteiger partial charge in [0.25, 0.3) is 0 Å². The molecule has 3 heterocycles. The van der Waals surface area contributed by atoms with E-state index >= 15 is 0 Å². The highest BCUT2D eigenvalue weighted by Crippen LogP contribution is 2.28. The Hall–Kier alpha value is -3.52. The highest BCUT2D eigenvalue weighted by atomic mass is 28.3. The SMILES string of the molecule is COC(=O)C(C)(C)COc1cc(C)c(-c2ccc(-c3nc(OCC(F)(F)F)n(COCC[Si](C)(C)C)n3)nc2)cn1. The van der Waals surface area contributed by atoms with E-state index in [0.717, 1.165) is 27.4 Å². The maximum absolute atomic E-state index is 12.8. The van der Waals surface area contributed by atoms with Crippen molar-refractivity contribution in [2.24, 2.45) is 5.41 Å². The van der Waals surface area contributed by atoms with Crippen LogP contribution in [0.5, 0.6) is 11.9 Å². The molecule has 0 aliphatic rings. The molecular formula is C27H36F3N5O5Si. The van der Waals surface area contributed by atoms with Crippen molar-refractivity contribution in [1.82, 2.24) is 24.7 Å². The zero-order valence-electron chi connectivity index (χ0n) is 24.3. The van der Waals surface area contributed by atoms with Crippen molar-refractivity contribution in [3.63, 3.8) is 0 Å². The molecule has 0 aliphatic carbocycles. The van der Waals surface area contributed by atoms with Crippen LogP contribution in [0.15, 0.2) is 30.6 Å². The molecule has 0 atom stereocenters. The van der Waals surface area contributed by atoms with Crippen LogP contribution in [0.25, 0.3) is 22.6 Å². The van der Waals surface area contributed by atoms with E-state index in [1.165, 1.54) is 7.11 Å². The molecule has 0 saturated heterocycles. The fourth-order valence-electron chi connectivity index (χ4n) is 3.49. The van der Waals surface area contributed by atoms with Gasteiger partial charge in [0, 0.05) is 44.3 Å². The number of aromatic nitrogens is 5. The highest BCUT2D eigenvalue weighted by molar-refractivity contribution is 6.76. The van der Waals surface area contributed by atoms with Gasteiger partial charge in [0.05, 0.1) is 12.5 Å². The smallest absolute Gasteiger partial charge is 0.422 e. The molecule has 41 heavy (non-hydrogen) atoms. The molecule has 0 amide bonds. The van der Waals surface area contributed by atoms with Crippen molar-refractivity contribution in [2.75, 3.05) is 26.9 Å². The Kier molecular flexibility index (Phi) is 10.1. The number of rotatable bonds is 13. The summed E-state index contributed by atoms with van der Waals surface area (Å²) >= 11 is 0. The van der Waals surface area contributed by atoms with Crippen LogP contribution in [-0.2, 0) is 21.0 Å². The highest BCUT2D eigenvalue weighted by Gasteiger charge is 2.31. The third-order valence-corrected chi connectivity index (χ3v) is 7.62. The molecule has 0 fully saturated rings. The molecule has 0 aliphatic heterocycles. The first-order valence-corrected chi connectivity index (χ1v) is 16.7. The Morgan fingerprint density at radius 1 is 1.05 bits per heavy atom. The maximum Gasteiger partial charge on any atom is 0.422 e. The van der Waals surface area contributed by atoms with Crippen LogP contribution in [-0.4, -0.2) is 71.9 Å². The molecular weight excluding hydrogens is 559 g/mol. The predicted molar refractivity (Wildman–Crippen MR) is 148 cm³/mol. The minimum atomic E-state index is -4.53. The van der Waals surface area contributed by atoms with Gasteiger partial charge in [0.15, 0.2) is 6.61 Å². The molecule has 3 aromatic heterocycles. The van der Waals surface area contributed by atoms with Crippen LogP contribution in [0.4, 0.5) is 13.2 Å². The van der Waals surface area contributed by atoms with Gasteiger partial charge in [-0.15, -0.1) is 5.10 Å². The molecule has 0 saturated carbocycles. The lowest BCUT2D eigenvalue weighted by molar-refractivity contribution is -0.155. The number of alkyl halides is 3. The van der Waals surface area contributed by atoms with E-state index in [0.29, 0.717) is 18.2 Å². The first kappa shape index (κ1) is 32.0. The molecule has 0 spiro atoms.